The van der Waals surface area contributed by atoms with Crippen LogP contribution in [0.5, 0.6) is 23.0 Å². The molecule has 0 saturated carbocycles. The van der Waals surface area contributed by atoms with Crippen LogP contribution >= 0.6 is 0 Å². The number of anilines is 1. The van der Waals surface area contributed by atoms with Gasteiger partial charge in [0, 0.05) is 80.3 Å². The number of ketones is 1. The number of rotatable bonds is 7. The summed E-state index contributed by atoms with van der Waals surface area (Å²) >= 11 is 0. The minimum atomic E-state index is -2.02. The number of aliphatic hydroxyl groups is 2. The third-order valence-electron chi connectivity index (χ3n) is 11.3. The number of fused-ring (bicyclic) bond motifs is 14. The Labute approximate surface area is 339 Å². The van der Waals surface area contributed by atoms with Crippen LogP contribution in [-0.4, -0.2) is 106 Å². The lowest BCUT2D eigenvalue weighted by Gasteiger charge is -2.38. The number of likely N-dealkylation sites (N-methyl/N-ethyl adjacent to an activating group) is 1. The number of phenols is 2. The molecular formula is C43H58N2O13. The number of esters is 1. The van der Waals surface area contributed by atoms with Gasteiger partial charge in [0.25, 0.3) is 17.6 Å². The number of benzene rings is 2. The second kappa shape index (κ2) is 18.6. The number of methoxy groups -OCH3 is 1. The molecule has 3 aliphatic rings. The van der Waals surface area contributed by atoms with E-state index in [1.807, 2.05) is 13.8 Å². The molecule has 3 heterocycles. The molecule has 5 N–H and O–H groups in total. The molecule has 0 fully saturated rings. The first-order chi connectivity index (χ1) is 27.2. The maximum Gasteiger partial charge on any atom is 0.312 e. The number of carbonyl (C=O) groups excluding carboxylic acids is 4. The normalized spacial score (nSPS) is 30.1. The average molecular weight is 811 g/mol. The Morgan fingerprint density at radius 2 is 1.60 bits per heavy atom. The van der Waals surface area contributed by atoms with Crippen molar-refractivity contribution in [3.63, 3.8) is 0 Å². The summed E-state index contributed by atoms with van der Waals surface area (Å²) in [6.45, 7) is 16.5. The second-order valence-electron chi connectivity index (χ2n) is 15.3. The number of ether oxygens (including phenoxy) is 5. The van der Waals surface area contributed by atoms with Crippen LogP contribution in [0.4, 0.5) is 5.69 Å². The molecule has 2 aromatic rings. The highest BCUT2D eigenvalue weighted by Gasteiger charge is 2.49. The number of amides is 2. The van der Waals surface area contributed by atoms with E-state index in [4.69, 9.17) is 23.7 Å². The van der Waals surface area contributed by atoms with Gasteiger partial charge < -0.3 is 54.3 Å². The summed E-state index contributed by atoms with van der Waals surface area (Å²) in [6.07, 6.45) is 3.60. The summed E-state index contributed by atoms with van der Waals surface area (Å²) in [6, 6.07) is 1.27. The van der Waals surface area contributed by atoms with Crippen molar-refractivity contribution < 1.29 is 63.3 Å². The van der Waals surface area contributed by atoms with Crippen molar-refractivity contribution in [3.8, 4) is 23.0 Å². The molecule has 5 rings (SSSR count). The number of aromatic hydroxyl groups is 2. The van der Waals surface area contributed by atoms with Crippen molar-refractivity contribution in [2.45, 2.75) is 99.4 Å². The van der Waals surface area contributed by atoms with Crippen LogP contribution in [0.3, 0.4) is 0 Å². The van der Waals surface area contributed by atoms with E-state index in [1.54, 1.807) is 44.7 Å². The third-order valence-corrected chi connectivity index (χ3v) is 11.3. The van der Waals surface area contributed by atoms with E-state index in [2.05, 4.69) is 5.32 Å². The maximum absolute atomic E-state index is 14.4. The van der Waals surface area contributed by atoms with Crippen LogP contribution in [-0.2, 0) is 28.6 Å². The Bertz CT molecular complexity index is 1990. The van der Waals surface area contributed by atoms with Gasteiger partial charge in [-0.05, 0) is 33.8 Å². The Morgan fingerprint density at radius 1 is 0.948 bits per heavy atom. The van der Waals surface area contributed by atoms with Crippen molar-refractivity contribution in [2.75, 3.05) is 32.1 Å². The van der Waals surface area contributed by atoms with Gasteiger partial charge in [0.1, 0.15) is 23.4 Å². The smallest absolute Gasteiger partial charge is 0.312 e. The molecule has 2 aromatic carbocycles. The minimum absolute atomic E-state index is 0.0574. The van der Waals surface area contributed by atoms with E-state index < -0.39 is 89.6 Å². The van der Waals surface area contributed by atoms with Crippen LogP contribution < -0.4 is 14.8 Å². The largest absolute Gasteiger partial charge is 0.507 e. The molecule has 0 spiro atoms. The van der Waals surface area contributed by atoms with Crippen molar-refractivity contribution >= 4 is 40.0 Å². The maximum atomic E-state index is 14.4. The lowest BCUT2D eigenvalue weighted by Crippen LogP contribution is -2.46. The van der Waals surface area contributed by atoms with Crippen molar-refractivity contribution in [1.82, 2.24) is 4.90 Å². The molecule has 318 valence electrons. The number of hydrogen-bond acceptors (Lipinski definition) is 13. The average Bonchev–Trinajstić information content (AvgIpc) is 3.45. The number of nitrogens with zero attached hydrogens (tertiary/aromatic N) is 1. The number of hydrogen-bond donors (Lipinski definition) is 5. The fraction of sp³-hybridized carbons (Fsp3) is 0.535. The van der Waals surface area contributed by atoms with E-state index in [0.717, 1.165) is 0 Å². The quantitative estimate of drug-likeness (QED) is 0.178. The number of allylic oxidation sites excluding steroid dienone is 2. The Morgan fingerprint density at radius 3 is 2.21 bits per heavy atom. The predicted octanol–water partition coefficient (Wildman–Crippen LogP) is 5.30. The number of phenolic OH excluding ortho intramolecular Hbond substituents is 2. The zero-order valence-electron chi connectivity index (χ0n) is 35.1. The van der Waals surface area contributed by atoms with Crippen LogP contribution in [0.25, 0.3) is 10.8 Å². The highest BCUT2D eigenvalue weighted by molar-refractivity contribution is 6.21. The summed E-state index contributed by atoms with van der Waals surface area (Å²) in [5, 5.41) is 48.4. The molecule has 9 unspecified atom stereocenters. The van der Waals surface area contributed by atoms with Crippen LogP contribution in [0.2, 0.25) is 0 Å². The van der Waals surface area contributed by atoms with Gasteiger partial charge in [-0.25, -0.2) is 0 Å². The van der Waals surface area contributed by atoms with Crippen LogP contribution in [0.15, 0.2) is 42.2 Å². The third kappa shape index (κ3) is 9.11. The van der Waals surface area contributed by atoms with Gasteiger partial charge in [-0.3, -0.25) is 19.2 Å². The minimum Gasteiger partial charge on any atom is -0.507 e. The van der Waals surface area contributed by atoms with Gasteiger partial charge in [-0.1, -0.05) is 45.9 Å². The fourth-order valence-corrected chi connectivity index (χ4v) is 7.56. The summed E-state index contributed by atoms with van der Waals surface area (Å²) in [7, 11) is 1.44. The Kier molecular flexibility index (Phi) is 14.6. The zero-order valence-corrected chi connectivity index (χ0v) is 35.1. The molecule has 9 atom stereocenters. The first-order valence-corrected chi connectivity index (χ1v) is 19.5. The standard InChI is InChI=1S/C43H58N2O13/c1-12-45(13-2)31(47)20-55-30-19-28-38(51)33-32(30)34-40(26(8)37(33)50)58-43(10,41(34)52)56-18-17-29(54-11)23(5)39(57-27(9)46)25(7)36(49)24(6)35(48)21(3)15-14-16-22(4)42(53)44-28/h14-19,21,23-25,29,35-36,39,48-51H,12-13,20H2,1-11H3,(H,44,53)/b15-14+,18-17+,22-16-. The van der Waals surface area contributed by atoms with E-state index in [0.29, 0.717) is 13.1 Å². The number of Topliss-reactive ketones (excluding diaryl/α,β-unsaturated/α-hetero) is 1. The molecule has 15 nitrogen and oxygen atoms in total. The van der Waals surface area contributed by atoms with E-state index in [-0.39, 0.29) is 50.6 Å². The van der Waals surface area contributed by atoms with Crippen molar-refractivity contribution in [3.05, 3.63) is 53.3 Å². The summed E-state index contributed by atoms with van der Waals surface area (Å²) in [4.78, 5) is 54.9. The van der Waals surface area contributed by atoms with Gasteiger partial charge in [-0.2, -0.15) is 0 Å². The van der Waals surface area contributed by atoms with E-state index in [1.165, 1.54) is 59.3 Å². The summed E-state index contributed by atoms with van der Waals surface area (Å²) in [5.41, 5.74) is -0.00860. The lowest BCUT2D eigenvalue weighted by atomic mass is 9.78. The zero-order chi connectivity index (χ0) is 43.4. The fourth-order valence-electron chi connectivity index (χ4n) is 7.56. The molecule has 58 heavy (non-hydrogen) atoms. The number of nitrogens with one attached hydrogen (secondary N) is 1. The van der Waals surface area contributed by atoms with Crippen molar-refractivity contribution in [1.29, 1.82) is 0 Å². The van der Waals surface area contributed by atoms with Gasteiger partial charge in [0.15, 0.2) is 12.4 Å². The Hall–Kier alpha value is -5.12. The summed E-state index contributed by atoms with van der Waals surface area (Å²) in [5.74, 6) is -8.01. The van der Waals surface area contributed by atoms with Crippen LogP contribution in [0, 0.1) is 30.6 Å². The molecular weight excluding hydrogens is 752 g/mol. The molecule has 5 bridgehead atoms. The molecule has 0 saturated heterocycles. The molecule has 15 heteroatoms. The number of aliphatic hydroxyl groups excluding tert-OH is 2. The monoisotopic (exact) mass is 810 g/mol. The molecule has 2 amide bonds. The second-order valence-corrected chi connectivity index (χ2v) is 15.3. The molecule has 0 aromatic heterocycles. The lowest BCUT2D eigenvalue weighted by molar-refractivity contribution is -0.160. The Balaban J connectivity index is 1.94. The molecule has 3 aliphatic heterocycles. The van der Waals surface area contributed by atoms with Crippen LogP contribution in [0.1, 0.15) is 78.2 Å². The van der Waals surface area contributed by atoms with E-state index in [9.17, 15) is 39.6 Å². The van der Waals surface area contributed by atoms with Crippen molar-refractivity contribution in [2.24, 2.45) is 23.7 Å². The molecule has 0 radical (unpaired) electrons. The van der Waals surface area contributed by atoms with Gasteiger partial charge in [0.2, 0.25) is 0 Å². The highest BCUT2D eigenvalue weighted by atomic mass is 16.7. The predicted molar refractivity (Wildman–Crippen MR) is 216 cm³/mol. The van der Waals surface area contributed by atoms with E-state index >= 15 is 0 Å². The number of carbonyl (C=O) groups is 4. The topological polar surface area (TPSA) is 211 Å². The summed E-state index contributed by atoms with van der Waals surface area (Å²) < 4.78 is 29.7. The van der Waals surface area contributed by atoms with Gasteiger partial charge in [0.05, 0.1) is 41.2 Å². The first-order valence-electron chi connectivity index (χ1n) is 19.5. The van der Waals surface area contributed by atoms with Gasteiger partial charge in [-0.15, -0.1) is 0 Å². The molecule has 0 aliphatic carbocycles. The van der Waals surface area contributed by atoms with Gasteiger partial charge >= 0.3 is 11.8 Å². The first kappa shape index (κ1) is 45.6. The SMILES string of the molecule is CCN(CC)C(=O)COc1cc2c(O)c3c(O)c(C)c4c(c13)C(=O)C(C)(O/C=C/C(OC)C(C)C(OC(C)=O)C(C)C(O)C(C)C(O)C(C)/C=C/C=C(/C)C(=O)N2)O4. The highest BCUT2D eigenvalue weighted by Crippen LogP contribution is 2.54.